The van der Waals surface area contributed by atoms with Crippen LogP contribution in [0.4, 0.5) is 9.93 Å². The SMILES string of the molecule is COc1ccc2c(O[C@@H]3C[C@H]4C(=O)N[C@]5(C(=O)O)C[C@H]5/C=C\CCCCCC(NC(=O)OC(C)(C)C)C(=O)N4C3)cc(-c3csc(N)n3)nc2c1. The molecule has 1 unspecified atom stereocenters. The van der Waals surface area contributed by atoms with Gasteiger partial charge in [0.15, 0.2) is 5.13 Å². The maximum absolute atomic E-state index is 14.4. The molecule has 2 aromatic heterocycles. The molecule has 6 rings (SSSR count). The number of nitrogens with zero attached hydrogens (tertiary/aromatic N) is 3. The first-order valence-electron chi connectivity index (χ1n) is 17.1. The Balaban J connectivity index is 1.34. The Kier molecular flexibility index (Phi) is 10.1. The summed E-state index contributed by atoms with van der Waals surface area (Å²) in [5.41, 5.74) is 5.32. The highest BCUT2D eigenvalue weighted by Gasteiger charge is 2.61. The minimum absolute atomic E-state index is 0.00573. The Morgan fingerprint density at radius 1 is 1.14 bits per heavy atom. The number of fused-ring (bicyclic) bond motifs is 3. The van der Waals surface area contributed by atoms with Gasteiger partial charge >= 0.3 is 12.1 Å². The van der Waals surface area contributed by atoms with Crippen molar-refractivity contribution in [3.8, 4) is 22.9 Å². The van der Waals surface area contributed by atoms with Crippen molar-refractivity contribution in [2.75, 3.05) is 19.4 Å². The molecule has 15 heteroatoms. The van der Waals surface area contributed by atoms with E-state index in [9.17, 15) is 24.3 Å². The number of hydrogen-bond donors (Lipinski definition) is 4. The van der Waals surface area contributed by atoms with E-state index >= 15 is 0 Å². The van der Waals surface area contributed by atoms with Crippen LogP contribution in [0.25, 0.3) is 22.3 Å². The zero-order valence-electron chi connectivity index (χ0n) is 29.1. The predicted octanol–water partition coefficient (Wildman–Crippen LogP) is 4.67. The zero-order valence-corrected chi connectivity index (χ0v) is 30.0. The molecule has 4 heterocycles. The van der Waals surface area contributed by atoms with Crippen molar-refractivity contribution in [1.82, 2.24) is 25.5 Å². The molecule has 272 valence electrons. The van der Waals surface area contributed by atoms with Gasteiger partial charge in [0.25, 0.3) is 0 Å². The van der Waals surface area contributed by atoms with Crippen molar-refractivity contribution in [2.45, 2.75) is 95.0 Å². The second-order valence-corrected chi connectivity index (χ2v) is 15.2. The number of methoxy groups -OCH3 is 1. The number of ether oxygens (including phenoxy) is 3. The first-order valence-corrected chi connectivity index (χ1v) is 18.0. The van der Waals surface area contributed by atoms with E-state index in [0.717, 1.165) is 19.3 Å². The maximum Gasteiger partial charge on any atom is 0.408 e. The standard InChI is InChI=1S/C36H44N6O8S/c1-35(2,3)50-34(47)40-24-11-9-7-5-6-8-10-20-17-36(20,32(45)46)41-30(43)28-15-22(18-42(28)31(24)44)49-29-16-26(27-19-51-33(37)39-27)38-25-14-21(48-4)12-13-23(25)29/h8,10,12-14,16,19-20,22,24,28H,5-7,9,11,15,17-18H2,1-4H3,(H2,37,39)(H,40,47)(H,41,43)(H,45,46)/b10-8-/t20-,22-,24?,28+,36-/m1/s1. The summed E-state index contributed by atoms with van der Waals surface area (Å²) in [5.74, 6) is -1.52. The van der Waals surface area contributed by atoms with Crippen molar-refractivity contribution < 1.29 is 38.5 Å². The predicted molar refractivity (Wildman–Crippen MR) is 190 cm³/mol. The van der Waals surface area contributed by atoms with E-state index < -0.39 is 53.2 Å². The number of carboxylic acids is 1. The number of carbonyl (C=O) groups excluding carboxylic acids is 3. The van der Waals surface area contributed by atoms with Gasteiger partial charge in [-0.2, -0.15) is 0 Å². The van der Waals surface area contributed by atoms with E-state index in [2.05, 4.69) is 15.6 Å². The number of benzene rings is 1. The Morgan fingerprint density at radius 3 is 2.65 bits per heavy atom. The molecule has 51 heavy (non-hydrogen) atoms. The molecule has 1 aliphatic carbocycles. The monoisotopic (exact) mass is 720 g/mol. The van der Waals surface area contributed by atoms with Crippen LogP contribution in [0.2, 0.25) is 0 Å². The van der Waals surface area contributed by atoms with Crippen LogP contribution >= 0.6 is 11.3 Å². The summed E-state index contributed by atoms with van der Waals surface area (Å²) in [4.78, 5) is 64.4. The molecule has 1 aromatic carbocycles. The van der Waals surface area contributed by atoms with Gasteiger partial charge in [0.1, 0.15) is 46.5 Å². The van der Waals surface area contributed by atoms with E-state index in [0.29, 0.717) is 51.8 Å². The second kappa shape index (κ2) is 14.4. The smallest absolute Gasteiger partial charge is 0.408 e. The number of nitrogen functional groups attached to an aromatic ring is 1. The number of thiazole rings is 1. The molecule has 3 aromatic rings. The van der Waals surface area contributed by atoms with E-state index in [1.165, 1.54) is 16.2 Å². The molecule has 3 amide bonds. The zero-order chi connectivity index (χ0) is 36.5. The van der Waals surface area contributed by atoms with Crippen molar-refractivity contribution in [2.24, 2.45) is 5.92 Å². The topological polar surface area (TPSA) is 195 Å². The van der Waals surface area contributed by atoms with Crippen molar-refractivity contribution in [3.05, 3.63) is 41.8 Å². The molecular formula is C36H44N6O8S. The van der Waals surface area contributed by atoms with Gasteiger partial charge in [-0.05, 0) is 58.6 Å². The number of pyridine rings is 1. The van der Waals surface area contributed by atoms with Gasteiger partial charge in [0.2, 0.25) is 11.8 Å². The summed E-state index contributed by atoms with van der Waals surface area (Å²) in [5, 5.41) is 18.6. The van der Waals surface area contributed by atoms with E-state index in [1.807, 2.05) is 18.2 Å². The van der Waals surface area contributed by atoms with Gasteiger partial charge in [-0.15, -0.1) is 11.3 Å². The highest BCUT2D eigenvalue weighted by atomic mass is 32.1. The summed E-state index contributed by atoms with van der Waals surface area (Å²) in [7, 11) is 1.56. The van der Waals surface area contributed by atoms with Crippen molar-refractivity contribution >= 4 is 51.2 Å². The number of aromatic nitrogens is 2. The van der Waals surface area contributed by atoms with Gasteiger partial charge in [-0.1, -0.05) is 25.0 Å². The highest BCUT2D eigenvalue weighted by Crippen LogP contribution is 2.45. The number of amides is 3. The molecule has 5 N–H and O–H groups in total. The van der Waals surface area contributed by atoms with Crippen LogP contribution in [0.5, 0.6) is 11.5 Å². The first kappa shape index (κ1) is 35.9. The Labute approximate surface area is 299 Å². The minimum atomic E-state index is -1.46. The average molecular weight is 721 g/mol. The fourth-order valence-electron chi connectivity index (χ4n) is 6.71. The maximum atomic E-state index is 14.4. The van der Waals surface area contributed by atoms with Crippen LogP contribution in [-0.4, -0.2) is 86.8 Å². The van der Waals surface area contributed by atoms with Crippen LogP contribution in [0.3, 0.4) is 0 Å². The lowest BCUT2D eigenvalue weighted by atomic mass is 10.0. The molecule has 5 atom stereocenters. The number of anilines is 1. The van der Waals surface area contributed by atoms with E-state index in [4.69, 9.17) is 24.9 Å². The summed E-state index contributed by atoms with van der Waals surface area (Å²) < 4.78 is 17.5. The largest absolute Gasteiger partial charge is 0.497 e. The van der Waals surface area contributed by atoms with Gasteiger partial charge < -0.3 is 40.6 Å². The number of aliphatic carboxylic acids is 1. The summed E-state index contributed by atoms with van der Waals surface area (Å²) in [6.45, 7) is 5.21. The average Bonchev–Trinajstić information content (AvgIpc) is 3.34. The molecule has 2 aliphatic heterocycles. The third-order valence-electron chi connectivity index (χ3n) is 9.37. The summed E-state index contributed by atoms with van der Waals surface area (Å²) in [6.07, 6.45) is 6.05. The number of alkyl carbamates (subject to hydrolysis) is 1. The van der Waals surface area contributed by atoms with Crippen molar-refractivity contribution in [1.29, 1.82) is 0 Å². The number of nitrogens with two attached hydrogens (primary N) is 1. The molecular weight excluding hydrogens is 676 g/mol. The minimum Gasteiger partial charge on any atom is -0.497 e. The van der Waals surface area contributed by atoms with E-state index in [-0.39, 0.29) is 25.3 Å². The summed E-state index contributed by atoms with van der Waals surface area (Å²) in [6, 6.07) is 5.08. The summed E-state index contributed by atoms with van der Waals surface area (Å²) >= 11 is 1.28. The van der Waals surface area contributed by atoms with Crippen molar-refractivity contribution in [3.63, 3.8) is 0 Å². The molecule has 0 radical (unpaired) electrons. The molecule has 1 saturated heterocycles. The number of allylic oxidation sites excluding steroid dienone is 1. The Morgan fingerprint density at radius 2 is 1.94 bits per heavy atom. The quantitative estimate of drug-likeness (QED) is 0.259. The molecule has 0 spiro atoms. The van der Waals surface area contributed by atoms with Gasteiger partial charge in [-0.3, -0.25) is 9.59 Å². The second-order valence-electron chi connectivity index (χ2n) is 14.3. The lowest BCUT2D eigenvalue weighted by Gasteiger charge is -2.30. The number of carboxylic acid groups (broad SMARTS) is 1. The molecule has 2 fully saturated rings. The number of nitrogens with one attached hydrogen (secondary N) is 2. The molecule has 0 bridgehead atoms. The number of carbonyl (C=O) groups is 4. The van der Waals surface area contributed by atoms with E-state index in [1.54, 1.807) is 51.5 Å². The van der Waals surface area contributed by atoms with Crippen LogP contribution in [0.15, 0.2) is 41.8 Å². The fraction of sp³-hybridized carbons (Fsp3) is 0.500. The van der Waals surface area contributed by atoms with Gasteiger partial charge in [0.05, 0.1) is 24.9 Å². The molecule has 3 aliphatic rings. The lowest BCUT2D eigenvalue weighted by Crippen LogP contribution is -2.56. The lowest BCUT2D eigenvalue weighted by molar-refractivity contribution is -0.145. The van der Waals surface area contributed by atoms with Crippen LogP contribution in [0.1, 0.15) is 65.7 Å². The number of hydrogen-bond acceptors (Lipinski definition) is 11. The normalized spacial score (nSPS) is 26.2. The third-order valence-corrected chi connectivity index (χ3v) is 10.0. The van der Waals surface area contributed by atoms with Crippen LogP contribution in [-0.2, 0) is 19.1 Å². The highest BCUT2D eigenvalue weighted by molar-refractivity contribution is 7.13. The number of rotatable bonds is 6. The fourth-order valence-corrected chi connectivity index (χ4v) is 7.27. The van der Waals surface area contributed by atoms with Crippen LogP contribution in [0, 0.1) is 5.92 Å². The van der Waals surface area contributed by atoms with Crippen LogP contribution < -0.4 is 25.8 Å². The molecule has 1 saturated carbocycles. The van der Waals surface area contributed by atoms with Gasteiger partial charge in [0, 0.05) is 35.2 Å². The Hall–Kier alpha value is -4.92. The molecule has 14 nitrogen and oxygen atoms in total. The Bertz CT molecular complexity index is 1860. The van der Waals surface area contributed by atoms with Gasteiger partial charge in [-0.25, -0.2) is 19.6 Å². The first-order chi connectivity index (χ1) is 24.3. The third kappa shape index (κ3) is 8.03.